The molecular formula is C20H40N2O4Si2. The lowest BCUT2D eigenvalue weighted by Gasteiger charge is -2.40. The number of oxime groups is 1. The largest absolute Gasteiger partial charge is 0.455 e. The van der Waals surface area contributed by atoms with E-state index < -0.39 is 16.6 Å². The molecule has 0 unspecified atom stereocenters. The fraction of sp³-hybridized carbons (Fsp3) is 0.850. The smallest absolute Gasteiger partial charge is 0.290 e. The van der Waals surface area contributed by atoms with Crippen molar-refractivity contribution in [1.82, 2.24) is 0 Å². The van der Waals surface area contributed by atoms with Gasteiger partial charge in [0.2, 0.25) is 0 Å². The maximum Gasteiger partial charge on any atom is 0.290 e. The molecule has 0 saturated heterocycles. The highest BCUT2D eigenvalue weighted by atomic mass is 28.4. The zero-order valence-electron chi connectivity index (χ0n) is 19.1. The van der Waals surface area contributed by atoms with Crippen LogP contribution in [0.1, 0.15) is 67.2 Å². The van der Waals surface area contributed by atoms with Gasteiger partial charge in [0.15, 0.2) is 8.32 Å². The van der Waals surface area contributed by atoms with Gasteiger partial charge in [-0.15, -0.1) is 5.16 Å². The average Bonchev–Trinajstić information content (AvgIpc) is 2.61. The van der Waals surface area contributed by atoms with Crippen molar-refractivity contribution in [2.45, 2.75) is 110 Å². The Morgan fingerprint density at radius 1 is 1.25 bits per heavy atom. The predicted molar refractivity (Wildman–Crippen MR) is 121 cm³/mol. The Kier molecular flexibility index (Phi) is 9.09. The quantitative estimate of drug-likeness (QED) is 0.182. The highest BCUT2D eigenvalue weighted by molar-refractivity contribution is 6.74. The maximum atomic E-state index is 11.7. The van der Waals surface area contributed by atoms with Crippen LogP contribution in [0.4, 0.5) is 0 Å². The van der Waals surface area contributed by atoms with Gasteiger partial charge in [0.05, 0.1) is 4.92 Å². The van der Waals surface area contributed by atoms with E-state index in [0.29, 0.717) is 6.42 Å². The third-order valence-electron chi connectivity index (χ3n) is 6.66. The van der Waals surface area contributed by atoms with Crippen LogP contribution >= 0.6 is 0 Å². The van der Waals surface area contributed by atoms with Gasteiger partial charge in [-0.1, -0.05) is 41.5 Å². The summed E-state index contributed by atoms with van der Waals surface area (Å²) in [6, 6.07) is 2.89. The lowest BCUT2D eigenvalue weighted by atomic mass is 9.91. The summed E-state index contributed by atoms with van der Waals surface area (Å²) in [6.45, 7) is 17.5. The third kappa shape index (κ3) is 6.52. The van der Waals surface area contributed by atoms with Gasteiger partial charge < -0.3 is 8.95 Å². The van der Waals surface area contributed by atoms with Gasteiger partial charge in [-0.2, -0.15) is 0 Å². The topological polar surface area (TPSA) is 74.0 Å². The van der Waals surface area contributed by atoms with Gasteiger partial charge in [0, 0.05) is 18.1 Å². The first-order chi connectivity index (χ1) is 12.9. The predicted octanol–water partition coefficient (Wildman–Crippen LogP) is 6.49. The van der Waals surface area contributed by atoms with Gasteiger partial charge >= 0.3 is 0 Å². The van der Waals surface area contributed by atoms with Crippen LogP contribution in [0.15, 0.2) is 16.4 Å². The molecule has 6 nitrogen and oxygen atoms in total. The Morgan fingerprint density at radius 3 is 2.29 bits per heavy atom. The Bertz CT molecular complexity index is 585. The summed E-state index contributed by atoms with van der Waals surface area (Å²) in [6.07, 6.45) is 4.63. The van der Waals surface area contributed by atoms with Crippen LogP contribution in [0, 0.1) is 10.1 Å². The molecule has 0 amide bonds. The van der Waals surface area contributed by atoms with Crippen molar-refractivity contribution >= 4 is 22.8 Å². The van der Waals surface area contributed by atoms with Crippen LogP contribution in [-0.2, 0) is 8.95 Å². The van der Waals surface area contributed by atoms with Crippen LogP contribution in [-0.4, -0.2) is 33.9 Å². The summed E-state index contributed by atoms with van der Waals surface area (Å²) < 4.78 is 12.4. The molecular weight excluding hydrogens is 388 g/mol. The number of nitro groups is 1. The second-order valence-electron chi connectivity index (χ2n) is 9.41. The molecule has 0 radical (unpaired) electrons. The molecule has 1 rings (SSSR count). The molecule has 0 bridgehead atoms. The van der Waals surface area contributed by atoms with Gasteiger partial charge in [0.1, 0.15) is 6.21 Å². The molecule has 162 valence electrons. The molecule has 0 aromatic heterocycles. The molecule has 1 fully saturated rings. The van der Waals surface area contributed by atoms with Crippen molar-refractivity contribution in [2.24, 2.45) is 5.16 Å². The van der Waals surface area contributed by atoms with Crippen LogP contribution in [0.3, 0.4) is 0 Å². The third-order valence-corrected chi connectivity index (χ3v) is 15.6. The molecule has 0 spiro atoms. The van der Waals surface area contributed by atoms with E-state index in [9.17, 15) is 10.1 Å². The van der Waals surface area contributed by atoms with E-state index in [1.807, 2.05) is 0 Å². The molecule has 1 aliphatic carbocycles. The first kappa shape index (κ1) is 25.0. The van der Waals surface area contributed by atoms with Gasteiger partial charge in [-0.25, -0.2) is 0 Å². The van der Waals surface area contributed by atoms with Gasteiger partial charge in [0.25, 0.3) is 14.0 Å². The number of nitrogens with zero attached hydrogens (tertiary/aromatic N) is 2. The zero-order valence-corrected chi connectivity index (χ0v) is 21.1. The summed E-state index contributed by atoms with van der Waals surface area (Å²) in [5.74, 6) is 0. The van der Waals surface area contributed by atoms with Gasteiger partial charge in [-0.3, -0.25) is 10.1 Å². The first-order valence-electron chi connectivity index (χ1n) is 10.7. The van der Waals surface area contributed by atoms with Crippen molar-refractivity contribution in [3.63, 3.8) is 0 Å². The molecule has 0 aliphatic heterocycles. The normalized spacial score (nSPS) is 21.1. The molecule has 1 atom stereocenters. The van der Waals surface area contributed by atoms with E-state index in [4.69, 9.17) is 8.95 Å². The van der Waals surface area contributed by atoms with Crippen molar-refractivity contribution in [3.8, 4) is 0 Å². The standard InChI is InChI=1S/C20H40N2O4Si2/c1-9-28(10-2,11-3)26-21-16-19(22(23)24)17-13-12-14-18(15-17)25-27(7,8)20(4,5)6/h16,18H,9-15H2,1-8H3/b19-17+,21-16+/t18-/m1/s1. The molecule has 1 aliphatic rings. The fourth-order valence-corrected chi connectivity index (χ4v) is 6.90. The SMILES string of the molecule is CC[Si](CC)(CC)O/N=C/C(=C1/CCC[C@@H](O[Si](C)(C)C(C)(C)C)C1)[N+](=O)[O-]. The number of rotatable bonds is 9. The summed E-state index contributed by atoms with van der Waals surface area (Å²) in [5.41, 5.74) is 0.929. The molecule has 0 heterocycles. The number of allylic oxidation sites excluding steroid dienone is 1. The van der Waals surface area contributed by atoms with Gasteiger partial charge in [-0.05, 0) is 55.5 Å². The zero-order chi connectivity index (χ0) is 21.6. The lowest BCUT2D eigenvalue weighted by Crippen LogP contribution is -2.44. The summed E-state index contributed by atoms with van der Waals surface area (Å²) >= 11 is 0. The summed E-state index contributed by atoms with van der Waals surface area (Å²) in [7, 11) is -3.79. The van der Waals surface area contributed by atoms with Crippen LogP contribution in [0.5, 0.6) is 0 Å². The number of hydrogen-bond donors (Lipinski definition) is 0. The monoisotopic (exact) mass is 428 g/mol. The Labute approximate surface area is 173 Å². The van der Waals surface area contributed by atoms with Crippen LogP contribution in [0.25, 0.3) is 0 Å². The van der Waals surface area contributed by atoms with E-state index in [1.54, 1.807) is 0 Å². The van der Waals surface area contributed by atoms with Crippen molar-refractivity contribution in [1.29, 1.82) is 0 Å². The minimum absolute atomic E-state index is 0.0595. The Balaban J connectivity index is 2.98. The maximum absolute atomic E-state index is 11.7. The van der Waals surface area contributed by atoms with Crippen LogP contribution < -0.4 is 0 Å². The Hall–Kier alpha value is -0.996. The highest BCUT2D eigenvalue weighted by Gasteiger charge is 2.40. The molecule has 0 aromatic rings. The van der Waals surface area contributed by atoms with Crippen LogP contribution in [0.2, 0.25) is 36.3 Å². The Morgan fingerprint density at radius 2 is 1.82 bits per heavy atom. The molecule has 0 N–H and O–H groups in total. The fourth-order valence-electron chi connectivity index (χ4n) is 3.35. The second kappa shape index (κ2) is 10.2. The van der Waals surface area contributed by atoms with Crippen molar-refractivity contribution < 1.29 is 13.9 Å². The van der Waals surface area contributed by atoms with E-state index in [0.717, 1.165) is 43.0 Å². The minimum atomic E-state index is -1.90. The summed E-state index contributed by atoms with van der Waals surface area (Å²) in [4.78, 5) is 11.4. The summed E-state index contributed by atoms with van der Waals surface area (Å²) in [5, 5.41) is 15.9. The van der Waals surface area contributed by atoms with E-state index >= 15 is 0 Å². The first-order valence-corrected chi connectivity index (χ1v) is 16.1. The highest BCUT2D eigenvalue weighted by Crippen LogP contribution is 2.40. The minimum Gasteiger partial charge on any atom is -0.455 e. The van der Waals surface area contributed by atoms with E-state index in [2.05, 4.69) is 59.8 Å². The average molecular weight is 429 g/mol. The van der Waals surface area contributed by atoms with E-state index in [1.165, 1.54) is 6.21 Å². The molecule has 0 aromatic carbocycles. The molecule has 28 heavy (non-hydrogen) atoms. The molecule has 8 heteroatoms. The second-order valence-corrected chi connectivity index (χ2v) is 18.8. The lowest BCUT2D eigenvalue weighted by molar-refractivity contribution is -0.416. The van der Waals surface area contributed by atoms with Crippen molar-refractivity contribution in [3.05, 3.63) is 21.4 Å². The van der Waals surface area contributed by atoms with E-state index in [-0.39, 0.29) is 21.8 Å². The number of hydrogen-bond acceptors (Lipinski definition) is 5. The molecule has 1 saturated carbocycles. The van der Waals surface area contributed by atoms with Crippen molar-refractivity contribution in [2.75, 3.05) is 0 Å².